The molecule has 0 unspecified atom stereocenters. The molecule has 0 fully saturated rings. The van der Waals surface area contributed by atoms with Gasteiger partial charge in [-0.3, -0.25) is 0 Å². The van der Waals surface area contributed by atoms with Crippen molar-refractivity contribution in [3.63, 3.8) is 0 Å². The number of aromatic nitrogens is 1. The van der Waals surface area contributed by atoms with Gasteiger partial charge in [-0.1, -0.05) is 29.3 Å². The third-order valence-electron chi connectivity index (χ3n) is 4.11. The number of pyridine rings is 1. The van der Waals surface area contributed by atoms with E-state index in [0.29, 0.717) is 12.2 Å². The van der Waals surface area contributed by atoms with Crippen LogP contribution in [0.15, 0.2) is 53.0 Å². The Bertz CT molecular complexity index is 922. The molecule has 1 heterocycles. The number of rotatable bonds is 6. The molecule has 26 heavy (non-hydrogen) atoms. The van der Waals surface area contributed by atoms with Crippen LogP contribution in [-0.2, 0) is 4.74 Å². The maximum Gasteiger partial charge on any atom is 0.338 e. The predicted molar refractivity (Wildman–Crippen MR) is 107 cm³/mol. The molecule has 0 spiro atoms. The van der Waals surface area contributed by atoms with Gasteiger partial charge in [0.25, 0.3) is 0 Å². The van der Waals surface area contributed by atoms with Crippen molar-refractivity contribution in [2.24, 2.45) is 0 Å². The maximum atomic E-state index is 12.6. The van der Waals surface area contributed by atoms with Gasteiger partial charge in [0, 0.05) is 15.4 Å². The lowest BCUT2D eigenvalue weighted by atomic mass is 10.0. The molecule has 1 aromatic heterocycles. The van der Waals surface area contributed by atoms with Crippen molar-refractivity contribution in [2.45, 2.75) is 19.8 Å². The SMILES string of the molecule is CCCCOC(=O)c1cc(-c2ccc(OC)cc2)nc2ccc(Br)cc12. The summed E-state index contributed by atoms with van der Waals surface area (Å²) in [5.74, 6) is 0.455. The molecule has 0 bridgehead atoms. The Morgan fingerprint density at radius 3 is 2.58 bits per heavy atom. The van der Waals surface area contributed by atoms with Gasteiger partial charge in [0.2, 0.25) is 0 Å². The second-order valence-corrected chi connectivity index (χ2v) is 6.85. The third-order valence-corrected chi connectivity index (χ3v) is 4.60. The number of carbonyl (C=O) groups excluding carboxylic acids is 1. The second-order valence-electron chi connectivity index (χ2n) is 5.93. The van der Waals surface area contributed by atoms with E-state index in [1.807, 2.05) is 42.5 Å². The van der Waals surface area contributed by atoms with Gasteiger partial charge in [0.1, 0.15) is 5.75 Å². The highest BCUT2D eigenvalue weighted by atomic mass is 79.9. The van der Waals surface area contributed by atoms with Gasteiger partial charge in [-0.2, -0.15) is 0 Å². The van der Waals surface area contributed by atoms with Crippen molar-refractivity contribution in [3.05, 3.63) is 58.6 Å². The lowest BCUT2D eigenvalue weighted by molar-refractivity contribution is 0.0502. The summed E-state index contributed by atoms with van der Waals surface area (Å²) in [6.45, 7) is 2.49. The standard InChI is InChI=1S/C21H20BrNO3/c1-3-4-11-26-21(24)18-13-20(14-5-8-16(25-2)9-6-14)23-19-10-7-15(22)12-17(18)19/h5-10,12-13H,3-4,11H2,1-2H3. The van der Waals surface area contributed by atoms with Crippen LogP contribution in [0.25, 0.3) is 22.2 Å². The average molecular weight is 414 g/mol. The van der Waals surface area contributed by atoms with E-state index in [-0.39, 0.29) is 5.97 Å². The van der Waals surface area contributed by atoms with E-state index in [9.17, 15) is 4.79 Å². The van der Waals surface area contributed by atoms with Crippen LogP contribution in [0.4, 0.5) is 0 Å². The first-order chi connectivity index (χ1) is 12.6. The van der Waals surface area contributed by atoms with E-state index in [1.165, 1.54) is 0 Å². The number of ether oxygens (including phenoxy) is 2. The first-order valence-corrected chi connectivity index (χ1v) is 9.33. The molecular formula is C21H20BrNO3. The topological polar surface area (TPSA) is 48.4 Å². The highest BCUT2D eigenvalue weighted by molar-refractivity contribution is 9.10. The Kier molecular flexibility index (Phi) is 5.89. The molecule has 0 aliphatic carbocycles. The molecule has 5 heteroatoms. The Labute approximate surface area is 161 Å². The summed E-state index contributed by atoms with van der Waals surface area (Å²) >= 11 is 3.47. The zero-order valence-corrected chi connectivity index (χ0v) is 16.4. The zero-order chi connectivity index (χ0) is 18.5. The summed E-state index contributed by atoms with van der Waals surface area (Å²) in [5, 5.41) is 0.776. The fourth-order valence-electron chi connectivity index (χ4n) is 2.66. The number of methoxy groups -OCH3 is 1. The minimum absolute atomic E-state index is 0.321. The van der Waals surface area contributed by atoms with Gasteiger partial charge < -0.3 is 9.47 Å². The van der Waals surface area contributed by atoms with Crippen molar-refractivity contribution in [1.82, 2.24) is 4.98 Å². The highest BCUT2D eigenvalue weighted by Gasteiger charge is 2.15. The largest absolute Gasteiger partial charge is 0.497 e. The zero-order valence-electron chi connectivity index (χ0n) is 14.8. The highest BCUT2D eigenvalue weighted by Crippen LogP contribution is 2.28. The molecular weight excluding hydrogens is 394 g/mol. The molecule has 0 N–H and O–H groups in total. The molecule has 3 rings (SSSR count). The molecule has 0 amide bonds. The monoisotopic (exact) mass is 413 g/mol. The van der Waals surface area contributed by atoms with Gasteiger partial charge in [0.15, 0.2) is 0 Å². The van der Waals surface area contributed by atoms with Crippen molar-refractivity contribution in [1.29, 1.82) is 0 Å². The minimum Gasteiger partial charge on any atom is -0.497 e. The van der Waals surface area contributed by atoms with E-state index in [0.717, 1.165) is 45.2 Å². The van der Waals surface area contributed by atoms with Crippen LogP contribution < -0.4 is 4.74 Å². The van der Waals surface area contributed by atoms with Crippen LogP contribution in [0.1, 0.15) is 30.1 Å². The van der Waals surface area contributed by atoms with E-state index in [1.54, 1.807) is 13.2 Å². The smallest absolute Gasteiger partial charge is 0.338 e. The fraction of sp³-hybridized carbons (Fsp3) is 0.238. The molecule has 0 aliphatic rings. The van der Waals surface area contributed by atoms with Crippen LogP contribution in [0.3, 0.4) is 0 Å². The third kappa shape index (κ3) is 4.05. The maximum absolute atomic E-state index is 12.6. The molecule has 0 radical (unpaired) electrons. The lowest BCUT2D eigenvalue weighted by Crippen LogP contribution is -2.08. The van der Waals surface area contributed by atoms with Crippen LogP contribution >= 0.6 is 15.9 Å². The van der Waals surface area contributed by atoms with E-state index in [4.69, 9.17) is 14.5 Å². The van der Waals surface area contributed by atoms with Crippen LogP contribution in [0, 0.1) is 0 Å². The summed E-state index contributed by atoms with van der Waals surface area (Å²) < 4.78 is 11.5. The number of unbranched alkanes of at least 4 members (excludes halogenated alkanes) is 1. The summed E-state index contributed by atoms with van der Waals surface area (Å²) in [4.78, 5) is 17.4. The van der Waals surface area contributed by atoms with Gasteiger partial charge in [-0.15, -0.1) is 0 Å². The van der Waals surface area contributed by atoms with Crippen molar-refractivity contribution >= 4 is 32.8 Å². The molecule has 0 atom stereocenters. The number of carbonyl (C=O) groups is 1. The lowest BCUT2D eigenvalue weighted by Gasteiger charge is -2.11. The Morgan fingerprint density at radius 1 is 1.12 bits per heavy atom. The average Bonchev–Trinajstić information content (AvgIpc) is 2.67. The first-order valence-electron chi connectivity index (χ1n) is 8.54. The molecule has 134 valence electrons. The van der Waals surface area contributed by atoms with E-state index >= 15 is 0 Å². The Hall–Kier alpha value is -2.40. The van der Waals surface area contributed by atoms with Crippen LogP contribution in [0.5, 0.6) is 5.75 Å². The summed E-state index contributed by atoms with van der Waals surface area (Å²) in [6, 6.07) is 15.1. The summed E-state index contributed by atoms with van der Waals surface area (Å²) in [5.41, 5.74) is 2.92. The van der Waals surface area contributed by atoms with Gasteiger partial charge >= 0.3 is 5.97 Å². The molecule has 4 nitrogen and oxygen atoms in total. The van der Waals surface area contributed by atoms with Gasteiger partial charge in [0.05, 0.1) is 30.5 Å². The molecule has 0 saturated heterocycles. The number of hydrogen-bond donors (Lipinski definition) is 0. The quantitative estimate of drug-likeness (QED) is 0.388. The normalized spacial score (nSPS) is 10.7. The second kappa shape index (κ2) is 8.32. The molecule has 0 aliphatic heterocycles. The summed E-state index contributed by atoms with van der Waals surface area (Å²) in [7, 11) is 1.63. The number of esters is 1. The van der Waals surface area contributed by atoms with Crippen molar-refractivity contribution in [2.75, 3.05) is 13.7 Å². The van der Waals surface area contributed by atoms with Crippen LogP contribution in [-0.4, -0.2) is 24.7 Å². The fourth-order valence-corrected chi connectivity index (χ4v) is 3.02. The first kappa shape index (κ1) is 18.4. The summed E-state index contributed by atoms with van der Waals surface area (Å²) in [6.07, 6.45) is 1.83. The molecule has 2 aromatic carbocycles. The van der Waals surface area contributed by atoms with Gasteiger partial charge in [-0.25, -0.2) is 9.78 Å². The number of fused-ring (bicyclic) bond motifs is 1. The predicted octanol–water partition coefficient (Wildman–Crippen LogP) is 5.63. The number of nitrogens with zero attached hydrogens (tertiary/aromatic N) is 1. The Morgan fingerprint density at radius 2 is 1.88 bits per heavy atom. The van der Waals surface area contributed by atoms with E-state index in [2.05, 4.69) is 22.9 Å². The molecule has 3 aromatic rings. The van der Waals surface area contributed by atoms with Crippen molar-refractivity contribution in [3.8, 4) is 17.0 Å². The number of halogens is 1. The van der Waals surface area contributed by atoms with E-state index < -0.39 is 0 Å². The van der Waals surface area contributed by atoms with Crippen LogP contribution in [0.2, 0.25) is 0 Å². The minimum atomic E-state index is -0.321. The number of benzene rings is 2. The van der Waals surface area contributed by atoms with Crippen molar-refractivity contribution < 1.29 is 14.3 Å². The number of hydrogen-bond acceptors (Lipinski definition) is 4. The van der Waals surface area contributed by atoms with Gasteiger partial charge in [-0.05, 0) is 55.0 Å². The Balaban J connectivity index is 2.07. The molecule has 0 saturated carbocycles.